The number of fused-ring (bicyclic) bond motifs is 30. The highest BCUT2D eigenvalue weighted by Gasteiger charge is 2.36. The van der Waals surface area contributed by atoms with Crippen LogP contribution < -0.4 is 4.90 Å². The molecule has 0 spiro atoms. The summed E-state index contributed by atoms with van der Waals surface area (Å²) in [6.07, 6.45) is 8.19. The molecule has 0 N–H and O–H groups in total. The van der Waals surface area contributed by atoms with Crippen molar-refractivity contribution >= 4 is 154 Å². The zero-order valence-electron chi connectivity index (χ0n) is 80.1. The Balaban J connectivity index is 0.000000110. The second-order valence-electron chi connectivity index (χ2n) is 38.8. The normalized spacial score (nSPS) is 12.2. The average molecular weight is 1860 g/mol. The van der Waals surface area contributed by atoms with Crippen LogP contribution >= 0.6 is 0 Å². The van der Waals surface area contributed by atoms with Crippen LogP contribution in [0.15, 0.2) is 516 Å². The minimum atomic E-state index is -0.0750. The third-order valence-corrected chi connectivity index (χ3v) is 30.2. The van der Waals surface area contributed by atoms with Crippen LogP contribution in [-0.4, -0.2) is 37.7 Å². The second-order valence-corrected chi connectivity index (χ2v) is 38.8. The first-order valence-corrected chi connectivity index (χ1v) is 50.0. The summed E-state index contributed by atoms with van der Waals surface area (Å²) in [5, 5.41) is 17.0. The Morgan fingerprint density at radius 2 is 0.514 bits per heavy atom. The highest BCUT2D eigenvalue weighted by atomic mass is 15.1. The predicted octanol–water partition coefficient (Wildman–Crippen LogP) is 36.0. The lowest BCUT2D eigenvalue weighted by atomic mass is 9.82. The van der Waals surface area contributed by atoms with Gasteiger partial charge in [-0.05, 0) is 278 Å². The maximum absolute atomic E-state index is 5.15. The molecule has 0 aliphatic heterocycles. The molecule has 0 radical (unpaired) electrons. The van der Waals surface area contributed by atoms with Gasteiger partial charge in [0.1, 0.15) is 16.9 Å². The number of anilines is 3. The molecule has 9 heteroatoms. The summed E-state index contributed by atoms with van der Waals surface area (Å²) in [6, 6.07) is 177. The van der Waals surface area contributed by atoms with Crippen molar-refractivity contribution in [1.82, 2.24) is 37.7 Å². The van der Waals surface area contributed by atoms with Gasteiger partial charge in [0.05, 0.1) is 49.8 Å². The average Bonchev–Trinajstić information content (AvgIpc) is 1.53. The number of pyridine rings is 4. The summed E-state index contributed by atoms with van der Waals surface area (Å²) in [7, 11) is 0. The van der Waals surface area contributed by atoms with Crippen molar-refractivity contribution in [2.75, 3.05) is 4.90 Å². The predicted molar refractivity (Wildman–Crippen MR) is 611 cm³/mol. The molecule has 1 aliphatic rings. The first-order chi connectivity index (χ1) is 72.1. The highest BCUT2D eigenvalue weighted by molar-refractivity contribution is 6.28. The molecule has 8 aromatic heterocycles. The number of hydrogen-bond donors (Lipinski definition) is 0. The molecule has 30 rings (SSSR count). The molecular weight excluding hydrogens is 1770 g/mol. The van der Waals surface area contributed by atoms with Crippen LogP contribution in [0, 0.1) is 0 Å². The van der Waals surface area contributed by atoms with Crippen molar-refractivity contribution in [3.63, 3.8) is 0 Å². The summed E-state index contributed by atoms with van der Waals surface area (Å²) < 4.78 is 9.02. The van der Waals surface area contributed by atoms with E-state index in [9.17, 15) is 0 Å². The van der Waals surface area contributed by atoms with Gasteiger partial charge in [-0.3, -0.25) is 18.2 Å². The van der Waals surface area contributed by atoms with Crippen LogP contribution in [0.25, 0.3) is 242 Å². The van der Waals surface area contributed by atoms with Gasteiger partial charge in [0.25, 0.3) is 0 Å². The minimum absolute atomic E-state index is 0.0750. The van der Waals surface area contributed by atoms with Gasteiger partial charge in [-0.1, -0.05) is 360 Å². The Kier molecular flexibility index (Phi) is 20.1. The molecule has 0 amide bonds. The van der Waals surface area contributed by atoms with Gasteiger partial charge in [-0.15, -0.1) is 0 Å². The molecule has 0 unspecified atom stereocenters. The molecule has 146 heavy (non-hydrogen) atoms. The summed E-state index contributed by atoms with van der Waals surface area (Å²) >= 11 is 0. The SMILES string of the molecule is CC1(C)c2ccccc2-c2ccc(N(c3ccccc3)c3ccc(-c4ccc(-c5ccc6c(c5)c5cc(-c7ccccc7)ccc5c5nc7ccccn7c65)cc4)cc3)cc21.c1ccc(-c2ccc3c(c2)c2cc(-c4ccc(-c5ccc(-n6c7ccccc7c7ccccc76)cc5)cc4)ccc2c2c3nc3ccccn32)cc1.c1ccc(-c2ccc3c(c2)c2cc(-c4ccccn4)ccc2c2nc4ccccn4c32)cc1. The van der Waals surface area contributed by atoms with E-state index in [0.717, 1.165) is 89.4 Å². The van der Waals surface area contributed by atoms with Gasteiger partial charge >= 0.3 is 0 Å². The maximum atomic E-state index is 5.15. The van der Waals surface area contributed by atoms with Crippen LogP contribution in [0.4, 0.5) is 17.1 Å². The molecular formula is C137H91N9. The van der Waals surface area contributed by atoms with E-state index in [1.807, 2.05) is 24.4 Å². The van der Waals surface area contributed by atoms with Crippen LogP contribution in [-0.2, 0) is 5.41 Å². The lowest BCUT2D eigenvalue weighted by Gasteiger charge is -2.28. The number of rotatable bonds is 12. The van der Waals surface area contributed by atoms with Crippen LogP contribution in [0.5, 0.6) is 0 Å². The quantitative estimate of drug-likeness (QED) is 0.114. The summed E-state index contributed by atoms with van der Waals surface area (Å²) in [5.74, 6) is 0. The summed E-state index contributed by atoms with van der Waals surface area (Å²) in [4.78, 5) is 22.2. The van der Waals surface area contributed by atoms with E-state index in [1.165, 1.54) is 181 Å². The zero-order valence-corrected chi connectivity index (χ0v) is 80.1. The van der Waals surface area contributed by atoms with Crippen molar-refractivity contribution in [3.8, 4) is 106 Å². The van der Waals surface area contributed by atoms with Gasteiger partial charge in [-0.2, -0.15) is 0 Å². The Morgan fingerprint density at radius 1 is 0.205 bits per heavy atom. The molecule has 9 nitrogen and oxygen atoms in total. The Bertz CT molecular complexity index is 10200. The van der Waals surface area contributed by atoms with E-state index in [-0.39, 0.29) is 5.41 Å². The number of hydrogen-bond acceptors (Lipinski definition) is 5. The van der Waals surface area contributed by atoms with Gasteiger partial charge in [0.15, 0.2) is 0 Å². The maximum Gasteiger partial charge on any atom is 0.137 e. The number of benzene rings is 21. The fraction of sp³-hybridized carbons (Fsp3) is 0.0219. The van der Waals surface area contributed by atoms with Crippen LogP contribution in [0.1, 0.15) is 25.0 Å². The molecule has 21 aromatic carbocycles. The number of para-hydroxylation sites is 3. The first kappa shape index (κ1) is 84.8. The second kappa shape index (κ2) is 34.6. The highest BCUT2D eigenvalue weighted by Crippen LogP contribution is 2.52. The molecule has 0 saturated carbocycles. The van der Waals surface area contributed by atoms with Crippen molar-refractivity contribution in [1.29, 1.82) is 0 Å². The lowest BCUT2D eigenvalue weighted by molar-refractivity contribution is 0.660. The molecule has 684 valence electrons. The fourth-order valence-corrected chi connectivity index (χ4v) is 23.0. The number of nitrogens with zero attached hydrogens (tertiary/aromatic N) is 9. The third-order valence-electron chi connectivity index (χ3n) is 30.2. The Hall–Kier alpha value is -19.2. The molecule has 29 aromatic rings. The van der Waals surface area contributed by atoms with Crippen LogP contribution in [0.3, 0.4) is 0 Å². The van der Waals surface area contributed by atoms with Gasteiger partial charge in [0, 0.05) is 102 Å². The Morgan fingerprint density at radius 3 is 0.938 bits per heavy atom. The molecule has 0 fully saturated rings. The van der Waals surface area contributed by atoms with E-state index in [0.29, 0.717) is 0 Å². The van der Waals surface area contributed by atoms with E-state index < -0.39 is 0 Å². The summed E-state index contributed by atoms with van der Waals surface area (Å²) in [6.45, 7) is 4.69. The molecule has 0 bridgehead atoms. The topological polar surface area (TPSA) is 73.0 Å². The van der Waals surface area contributed by atoms with E-state index in [2.05, 4.69) is 533 Å². The molecule has 8 heterocycles. The fourth-order valence-electron chi connectivity index (χ4n) is 23.0. The number of imidazole rings is 3. The largest absolute Gasteiger partial charge is 0.310 e. The smallest absolute Gasteiger partial charge is 0.137 e. The van der Waals surface area contributed by atoms with E-state index >= 15 is 0 Å². The molecule has 0 atom stereocenters. The first-order valence-electron chi connectivity index (χ1n) is 50.0. The van der Waals surface area contributed by atoms with Crippen molar-refractivity contribution in [2.45, 2.75) is 19.3 Å². The van der Waals surface area contributed by atoms with Gasteiger partial charge < -0.3 is 9.47 Å². The molecule has 0 saturated heterocycles. The monoisotopic (exact) mass is 1860 g/mol. The minimum Gasteiger partial charge on any atom is -0.310 e. The van der Waals surface area contributed by atoms with Crippen molar-refractivity contribution in [3.05, 3.63) is 527 Å². The Labute approximate surface area is 842 Å². The van der Waals surface area contributed by atoms with Crippen molar-refractivity contribution < 1.29 is 0 Å². The van der Waals surface area contributed by atoms with Crippen LogP contribution in [0.2, 0.25) is 0 Å². The van der Waals surface area contributed by atoms with Crippen molar-refractivity contribution in [2.24, 2.45) is 0 Å². The lowest BCUT2D eigenvalue weighted by Crippen LogP contribution is -2.16. The van der Waals surface area contributed by atoms with Gasteiger partial charge in [0.2, 0.25) is 0 Å². The third kappa shape index (κ3) is 14.3. The summed E-state index contributed by atoms with van der Waals surface area (Å²) in [5.41, 5.74) is 40.7. The van der Waals surface area contributed by atoms with E-state index in [1.54, 1.807) is 0 Å². The zero-order chi connectivity index (χ0) is 96.6. The standard InChI is InChI=1S/C58H41N3.C49H31N3.C30H19N3/c1-58(2)53-18-10-9-17-47(53)48-33-30-46(37-54(48)58)61(44-15-7-4-8-16-44)45-28-24-40(25-29-45)39-20-22-41(23-21-39)43-27-32-50-52(36-43)51-35-42(38-13-5-3-6-14-38)26-31-49(51)56-57(50)60-34-12-11-19-55(60)59-56;1-2-10-32(11-3-1)36-23-27-41-43(30-36)44-31-37(24-28-42(44)49-48(41)50-47-16-8-9-29-51(47)49)35-19-17-33(18-20-35)34-21-25-38(26-22-34)52-45-14-6-4-12-39(45)40-13-5-7-15-46(40)52;1-2-8-20(9-3-1)21-12-15-24-26(18-21)25-19-22(27-10-4-6-16-31-27)13-14-23(25)29-30(24)33-17-7-5-11-28(33)32-29/h3-37H,1-2H3;1-31H;1-19H. The molecule has 1 aliphatic carbocycles. The van der Waals surface area contributed by atoms with E-state index in [4.69, 9.17) is 15.0 Å². The number of aromatic nitrogens is 8. The van der Waals surface area contributed by atoms with Gasteiger partial charge in [-0.25, -0.2) is 15.0 Å².